The predicted molar refractivity (Wildman–Crippen MR) is 97.3 cm³/mol. The van der Waals surface area contributed by atoms with Crippen molar-refractivity contribution in [3.8, 4) is 0 Å². The predicted octanol–water partition coefficient (Wildman–Crippen LogP) is 1.49. The van der Waals surface area contributed by atoms with Gasteiger partial charge < -0.3 is 10.6 Å². The number of rotatable bonds is 4. The molecule has 0 spiro atoms. The van der Waals surface area contributed by atoms with Crippen LogP contribution in [0.25, 0.3) is 0 Å². The number of primary amides is 1. The van der Waals surface area contributed by atoms with Crippen molar-refractivity contribution in [2.75, 3.05) is 13.1 Å². The number of aryl methyl sites for hydroxylation is 1. The first-order valence-electron chi connectivity index (χ1n) is 9.07. The van der Waals surface area contributed by atoms with Gasteiger partial charge in [0, 0.05) is 31.7 Å². The summed E-state index contributed by atoms with van der Waals surface area (Å²) in [4.78, 5) is 27.2. The van der Waals surface area contributed by atoms with E-state index in [1.165, 1.54) is 0 Å². The monoisotopic (exact) mass is 352 g/mol. The minimum atomic E-state index is -0.414. The van der Waals surface area contributed by atoms with Crippen LogP contribution < -0.4 is 5.73 Å². The number of amides is 2. The van der Waals surface area contributed by atoms with E-state index in [-0.39, 0.29) is 23.7 Å². The molecule has 2 N–H and O–H groups in total. The second kappa shape index (κ2) is 5.97. The molecule has 2 aromatic rings. The average molecular weight is 352 g/mol. The largest absolute Gasteiger partial charge is 0.369 e. The maximum Gasteiger partial charge on any atom is 0.233 e. The van der Waals surface area contributed by atoms with Gasteiger partial charge in [0.25, 0.3) is 0 Å². The molecule has 0 radical (unpaired) electrons. The number of carbonyl (C=O) groups is 2. The Hall–Kier alpha value is -2.63. The number of aromatic nitrogens is 2. The first-order chi connectivity index (χ1) is 12.4. The first kappa shape index (κ1) is 16.8. The second-order valence-corrected chi connectivity index (χ2v) is 7.58. The van der Waals surface area contributed by atoms with E-state index < -0.39 is 5.41 Å². The Labute approximate surface area is 153 Å². The van der Waals surface area contributed by atoms with Crippen molar-refractivity contribution >= 4 is 11.8 Å². The summed E-state index contributed by atoms with van der Waals surface area (Å²) in [6, 6.07) is 9.95. The summed E-state index contributed by atoms with van der Waals surface area (Å²) in [5.74, 6) is -0.678. The van der Waals surface area contributed by atoms with Gasteiger partial charge in [0.2, 0.25) is 11.8 Å². The highest BCUT2D eigenvalue weighted by Crippen LogP contribution is 2.50. The Morgan fingerprint density at radius 1 is 1.19 bits per heavy atom. The second-order valence-electron chi connectivity index (χ2n) is 7.58. The van der Waals surface area contributed by atoms with Crippen LogP contribution in [0.4, 0.5) is 0 Å². The van der Waals surface area contributed by atoms with Gasteiger partial charge >= 0.3 is 0 Å². The highest BCUT2D eigenvalue weighted by molar-refractivity contribution is 5.92. The first-order valence-corrected chi connectivity index (χ1v) is 9.07. The molecule has 6 heteroatoms. The van der Waals surface area contributed by atoms with E-state index >= 15 is 0 Å². The molecule has 1 saturated heterocycles. The molecule has 136 valence electrons. The molecule has 1 aromatic heterocycles. The number of benzene rings is 1. The lowest BCUT2D eigenvalue weighted by atomic mass is 9.89. The fourth-order valence-corrected chi connectivity index (χ4v) is 4.26. The minimum Gasteiger partial charge on any atom is -0.369 e. The van der Waals surface area contributed by atoms with Gasteiger partial charge in [0.05, 0.1) is 17.5 Å². The van der Waals surface area contributed by atoms with Crippen LogP contribution in [0.3, 0.4) is 0 Å². The molecule has 26 heavy (non-hydrogen) atoms. The molecule has 1 aliphatic heterocycles. The molecule has 2 fully saturated rings. The van der Waals surface area contributed by atoms with E-state index in [4.69, 9.17) is 5.73 Å². The third-order valence-electron chi connectivity index (χ3n) is 6.13. The Morgan fingerprint density at radius 2 is 1.88 bits per heavy atom. The summed E-state index contributed by atoms with van der Waals surface area (Å²) >= 11 is 0. The molecule has 2 atom stereocenters. The normalized spacial score (nSPS) is 23.8. The summed E-state index contributed by atoms with van der Waals surface area (Å²) in [6.07, 6.45) is 3.53. The molecule has 4 rings (SSSR count). The third kappa shape index (κ3) is 2.52. The molecular formula is C20H24N4O2. The fourth-order valence-electron chi connectivity index (χ4n) is 4.26. The van der Waals surface area contributed by atoms with Crippen LogP contribution in [0, 0.1) is 12.8 Å². The average Bonchev–Trinajstić information content (AvgIpc) is 3.23. The number of carbonyl (C=O) groups excluding carboxylic acids is 2. The van der Waals surface area contributed by atoms with E-state index in [2.05, 4.69) is 5.10 Å². The highest BCUT2D eigenvalue weighted by Gasteiger charge is 2.55. The van der Waals surface area contributed by atoms with Gasteiger partial charge in [0.15, 0.2) is 0 Å². The Balaban J connectivity index is 1.62. The lowest BCUT2D eigenvalue weighted by Crippen LogP contribution is -2.38. The molecule has 0 bridgehead atoms. The van der Waals surface area contributed by atoms with Crippen molar-refractivity contribution < 1.29 is 9.59 Å². The van der Waals surface area contributed by atoms with Crippen molar-refractivity contribution in [2.24, 2.45) is 18.7 Å². The zero-order valence-corrected chi connectivity index (χ0v) is 15.2. The molecule has 2 amide bonds. The van der Waals surface area contributed by atoms with Crippen molar-refractivity contribution in [1.82, 2.24) is 14.7 Å². The summed E-state index contributed by atoms with van der Waals surface area (Å²) < 4.78 is 1.80. The highest BCUT2D eigenvalue weighted by atomic mass is 16.2. The van der Waals surface area contributed by atoms with Crippen LogP contribution in [-0.4, -0.2) is 39.6 Å². The maximum atomic E-state index is 13.3. The van der Waals surface area contributed by atoms with Gasteiger partial charge in [-0.05, 0) is 30.9 Å². The summed E-state index contributed by atoms with van der Waals surface area (Å²) in [5.41, 5.74) is 8.36. The minimum absolute atomic E-state index is 0.0864. The molecule has 1 saturated carbocycles. The summed E-state index contributed by atoms with van der Waals surface area (Å²) in [5, 5.41) is 4.29. The van der Waals surface area contributed by atoms with Crippen LogP contribution in [-0.2, 0) is 22.1 Å². The van der Waals surface area contributed by atoms with Crippen molar-refractivity contribution in [1.29, 1.82) is 0 Å². The van der Waals surface area contributed by atoms with Gasteiger partial charge in [-0.3, -0.25) is 14.3 Å². The molecule has 2 heterocycles. The van der Waals surface area contributed by atoms with Gasteiger partial charge in [-0.15, -0.1) is 0 Å². The zero-order valence-electron chi connectivity index (χ0n) is 15.2. The van der Waals surface area contributed by atoms with E-state index in [1.807, 2.05) is 49.2 Å². The number of hydrogen-bond donors (Lipinski definition) is 1. The van der Waals surface area contributed by atoms with E-state index in [9.17, 15) is 9.59 Å². The Kier molecular flexibility index (Phi) is 3.86. The lowest BCUT2D eigenvalue weighted by molar-refractivity contribution is -0.133. The standard InChI is InChI=1S/C20H24N4O2/c1-13-15(10-22-23(13)2)16-11-24(12-17(16)18(21)25)19(26)20(8-9-20)14-6-4-3-5-7-14/h3-7,10,16-17H,8-9,11-12H2,1-2H3,(H2,21,25)/t16-,17+/m1/s1. The van der Waals surface area contributed by atoms with Crippen LogP contribution in [0.1, 0.15) is 35.6 Å². The lowest BCUT2D eigenvalue weighted by Gasteiger charge is -2.23. The number of nitrogens with two attached hydrogens (primary N) is 1. The molecule has 2 aliphatic rings. The van der Waals surface area contributed by atoms with Crippen molar-refractivity contribution in [3.05, 3.63) is 53.3 Å². The van der Waals surface area contributed by atoms with Crippen LogP contribution in [0.15, 0.2) is 36.5 Å². The zero-order chi connectivity index (χ0) is 18.5. The Morgan fingerprint density at radius 3 is 2.42 bits per heavy atom. The van der Waals surface area contributed by atoms with Gasteiger partial charge in [-0.2, -0.15) is 5.10 Å². The number of hydrogen-bond acceptors (Lipinski definition) is 3. The smallest absolute Gasteiger partial charge is 0.233 e. The molecule has 1 aromatic carbocycles. The molecule has 6 nitrogen and oxygen atoms in total. The third-order valence-corrected chi connectivity index (χ3v) is 6.13. The van der Waals surface area contributed by atoms with Crippen LogP contribution >= 0.6 is 0 Å². The molecular weight excluding hydrogens is 328 g/mol. The SMILES string of the molecule is Cc1c([C@H]2CN(C(=O)C3(c4ccccc4)CC3)C[C@@H]2C(N)=O)cnn1C. The van der Waals surface area contributed by atoms with E-state index in [0.29, 0.717) is 13.1 Å². The van der Waals surface area contributed by atoms with Gasteiger partial charge in [0.1, 0.15) is 0 Å². The Bertz CT molecular complexity index is 854. The quantitative estimate of drug-likeness (QED) is 0.905. The fraction of sp³-hybridized carbons (Fsp3) is 0.450. The maximum absolute atomic E-state index is 13.3. The summed E-state index contributed by atoms with van der Waals surface area (Å²) in [6.45, 7) is 2.90. The topological polar surface area (TPSA) is 81.2 Å². The molecule has 1 aliphatic carbocycles. The van der Waals surface area contributed by atoms with Crippen LogP contribution in [0.5, 0.6) is 0 Å². The van der Waals surface area contributed by atoms with Crippen LogP contribution in [0.2, 0.25) is 0 Å². The molecule has 0 unspecified atom stereocenters. The summed E-state index contributed by atoms with van der Waals surface area (Å²) in [7, 11) is 1.88. The van der Waals surface area contributed by atoms with E-state index in [1.54, 1.807) is 10.9 Å². The van der Waals surface area contributed by atoms with Crippen molar-refractivity contribution in [2.45, 2.75) is 31.1 Å². The van der Waals surface area contributed by atoms with Gasteiger partial charge in [-0.1, -0.05) is 30.3 Å². The van der Waals surface area contributed by atoms with Crippen molar-refractivity contribution in [3.63, 3.8) is 0 Å². The number of likely N-dealkylation sites (tertiary alicyclic amines) is 1. The van der Waals surface area contributed by atoms with E-state index in [0.717, 1.165) is 29.7 Å². The number of nitrogens with zero attached hydrogens (tertiary/aromatic N) is 3. The van der Waals surface area contributed by atoms with Gasteiger partial charge in [-0.25, -0.2) is 0 Å².